The van der Waals surface area contributed by atoms with Gasteiger partial charge in [0.05, 0.1) is 6.20 Å². The highest BCUT2D eigenvalue weighted by molar-refractivity contribution is 6.02. The summed E-state index contributed by atoms with van der Waals surface area (Å²) in [6.45, 7) is 0. The Hall–Kier alpha value is -3.55. The van der Waals surface area contributed by atoms with Crippen LogP contribution in [0.4, 0.5) is 0 Å². The van der Waals surface area contributed by atoms with Gasteiger partial charge < -0.3 is 10.6 Å². The van der Waals surface area contributed by atoms with Gasteiger partial charge in [0.1, 0.15) is 5.69 Å². The Bertz CT molecular complexity index is 729. The lowest BCUT2D eigenvalue weighted by molar-refractivity contribution is -0.115. The predicted octanol–water partition coefficient (Wildman–Crippen LogP) is 0.888. The highest BCUT2D eigenvalue weighted by atomic mass is 16.2. The number of carbonyl (C=O) groups excluding carboxylic acids is 2. The number of aromatic nitrogens is 2. The second-order valence-electron chi connectivity index (χ2n) is 4.93. The Balaban J connectivity index is 0.000000293. The van der Waals surface area contributed by atoms with Crippen molar-refractivity contribution < 1.29 is 9.59 Å². The quantitative estimate of drug-likeness (QED) is 0.435. The first kappa shape index (κ1) is 19.5. The molecule has 2 aromatic rings. The van der Waals surface area contributed by atoms with Crippen LogP contribution in [0, 0.1) is 5.41 Å². The average Bonchev–Trinajstić information content (AvgIpc) is 2.62. The summed E-state index contributed by atoms with van der Waals surface area (Å²) in [6.07, 6.45) is 7.33. The minimum absolute atomic E-state index is 0.0720. The summed E-state index contributed by atoms with van der Waals surface area (Å²) in [6, 6.07) is 9.53. The van der Waals surface area contributed by atoms with Crippen LogP contribution < -0.4 is 11.1 Å². The van der Waals surface area contributed by atoms with Crippen LogP contribution >= 0.6 is 0 Å². The van der Waals surface area contributed by atoms with Crippen molar-refractivity contribution in [3.05, 3.63) is 66.3 Å². The van der Waals surface area contributed by atoms with E-state index < -0.39 is 5.91 Å². The van der Waals surface area contributed by atoms with Crippen LogP contribution in [0.2, 0.25) is 0 Å². The van der Waals surface area contributed by atoms with E-state index in [9.17, 15) is 9.59 Å². The first-order valence-electron chi connectivity index (χ1n) is 7.26. The maximum atomic E-state index is 11.4. The smallest absolute Gasteiger partial charge is 0.268 e. The van der Waals surface area contributed by atoms with E-state index >= 15 is 0 Å². The first-order valence-corrected chi connectivity index (χ1v) is 7.26. The molecule has 0 aliphatic carbocycles. The summed E-state index contributed by atoms with van der Waals surface area (Å²) in [7, 11) is 3.40. The maximum Gasteiger partial charge on any atom is 0.268 e. The van der Waals surface area contributed by atoms with Crippen molar-refractivity contribution in [3.8, 4) is 0 Å². The van der Waals surface area contributed by atoms with Crippen LogP contribution in [-0.4, -0.2) is 46.7 Å². The molecule has 0 saturated heterocycles. The second kappa shape index (κ2) is 10.3. The van der Waals surface area contributed by atoms with Gasteiger partial charge in [-0.15, -0.1) is 0 Å². The van der Waals surface area contributed by atoms with Crippen LogP contribution in [0.5, 0.6) is 0 Å². The molecule has 0 unspecified atom stereocenters. The van der Waals surface area contributed by atoms with Crippen LogP contribution in [0.3, 0.4) is 0 Å². The lowest BCUT2D eigenvalue weighted by Crippen LogP contribution is -2.38. The third-order valence-electron chi connectivity index (χ3n) is 2.73. The third-order valence-corrected chi connectivity index (χ3v) is 2.73. The molecule has 0 spiro atoms. The molecule has 2 rings (SSSR count). The van der Waals surface area contributed by atoms with Gasteiger partial charge in [0.25, 0.3) is 11.8 Å². The molecule has 0 aliphatic rings. The van der Waals surface area contributed by atoms with Gasteiger partial charge in [0.15, 0.2) is 5.96 Å². The van der Waals surface area contributed by atoms with Crippen molar-refractivity contribution in [2.75, 3.05) is 14.1 Å². The van der Waals surface area contributed by atoms with Gasteiger partial charge >= 0.3 is 0 Å². The van der Waals surface area contributed by atoms with Crippen molar-refractivity contribution in [2.24, 2.45) is 5.73 Å². The number of primary amides is 1. The van der Waals surface area contributed by atoms with Gasteiger partial charge in [0, 0.05) is 32.6 Å². The third kappa shape index (κ3) is 8.03. The molecule has 0 saturated carbocycles. The van der Waals surface area contributed by atoms with Crippen molar-refractivity contribution >= 4 is 23.8 Å². The fourth-order valence-electron chi connectivity index (χ4n) is 1.43. The molecule has 4 N–H and O–H groups in total. The number of amides is 2. The highest BCUT2D eigenvalue weighted by Crippen LogP contribution is 2.00. The molecule has 0 aliphatic heterocycles. The standard InChI is InChI=1S/C12H15N3O.C5H5N3O/c1-15(2)12(13)14-11(16)9-8-10-6-4-3-5-7-10;6-5(9)4-3-7-1-2-8-4/h3-9H,1-2H3,(H2,13,14,16);1-3H,(H2,6,9). The minimum Gasteiger partial charge on any atom is -0.364 e. The van der Waals surface area contributed by atoms with Gasteiger partial charge in [0.2, 0.25) is 0 Å². The van der Waals surface area contributed by atoms with Gasteiger partial charge in [-0.3, -0.25) is 25.3 Å². The molecule has 2 amide bonds. The Labute approximate surface area is 145 Å². The molecule has 0 atom stereocenters. The molecule has 130 valence electrons. The molecule has 1 aromatic carbocycles. The number of hydrogen-bond acceptors (Lipinski definition) is 5. The molecule has 8 heteroatoms. The summed E-state index contributed by atoms with van der Waals surface area (Å²) < 4.78 is 0. The van der Waals surface area contributed by atoms with Crippen LogP contribution in [0.15, 0.2) is 55.0 Å². The average molecular weight is 340 g/mol. The maximum absolute atomic E-state index is 11.4. The summed E-state index contributed by atoms with van der Waals surface area (Å²) in [5, 5.41) is 9.85. The van der Waals surface area contributed by atoms with E-state index in [4.69, 9.17) is 11.1 Å². The largest absolute Gasteiger partial charge is 0.364 e. The Morgan fingerprint density at radius 1 is 1.20 bits per heavy atom. The van der Waals surface area contributed by atoms with Crippen molar-refractivity contribution in [2.45, 2.75) is 0 Å². The number of benzene rings is 1. The zero-order valence-corrected chi connectivity index (χ0v) is 14.0. The number of hydrogen-bond donors (Lipinski definition) is 3. The van der Waals surface area contributed by atoms with Crippen molar-refractivity contribution in [1.29, 1.82) is 5.41 Å². The Morgan fingerprint density at radius 3 is 2.36 bits per heavy atom. The Kier molecular flexibility index (Phi) is 8.01. The summed E-state index contributed by atoms with van der Waals surface area (Å²) >= 11 is 0. The Morgan fingerprint density at radius 2 is 1.88 bits per heavy atom. The van der Waals surface area contributed by atoms with E-state index in [1.54, 1.807) is 20.2 Å². The zero-order chi connectivity index (χ0) is 18.7. The molecular weight excluding hydrogens is 320 g/mol. The number of nitrogens with zero attached hydrogens (tertiary/aromatic N) is 3. The van der Waals surface area contributed by atoms with E-state index in [-0.39, 0.29) is 17.6 Å². The minimum atomic E-state index is -0.553. The lowest BCUT2D eigenvalue weighted by atomic mass is 10.2. The molecule has 1 heterocycles. The van der Waals surface area contributed by atoms with Crippen LogP contribution in [-0.2, 0) is 4.79 Å². The number of carbonyl (C=O) groups is 2. The summed E-state index contributed by atoms with van der Waals surface area (Å²) in [5.74, 6) is -0.784. The van der Waals surface area contributed by atoms with E-state index in [1.165, 1.54) is 29.6 Å². The highest BCUT2D eigenvalue weighted by Gasteiger charge is 2.01. The van der Waals surface area contributed by atoms with E-state index in [1.807, 2.05) is 30.3 Å². The monoisotopic (exact) mass is 340 g/mol. The van der Waals surface area contributed by atoms with Gasteiger partial charge in [-0.2, -0.15) is 0 Å². The van der Waals surface area contributed by atoms with Gasteiger partial charge in [-0.05, 0) is 11.6 Å². The zero-order valence-electron chi connectivity index (χ0n) is 14.0. The van der Waals surface area contributed by atoms with Crippen molar-refractivity contribution in [3.63, 3.8) is 0 Å². The molecule has 8 nitrogen and oxygen atoms in total. The summed E-state index contributed by atoms with van der Waals surface area (Å²) in [4.78, 5) is 30.5. The second-order valence-corrected chi connectivity index (χ2v) is 4.93. The van der Waals surface area contributed by atoms with Gasteiger partial charge in [-0.1, -0.05) is 30.3 Å². The van der Waals surface area contributed by atoms with E-state index in [0.29, 0.717) is 0 Å². The van der Waals surface area contributed by atoms with Gasteiger partial charge in [-0.25, -0.2) is 4.98 Å². The van der Waals surface area contributed by atoms with E-state index in [0.717, 1.165) is 5.56 Å². The number of nitrogens with two attached hydrogens (primary N) is 1. The van der Waals surface area contributed by atoms with E-state index in [2.05, 4.69) is 15.3 Å². The van der Waals surface area contributed by atoms with Crippen LogP contribution in [0.1, 0.15) is 16.1 Å². The normalized spacial score (nSPS) is 9.68. The first-order chi connectivity index (χ1) is 11.9. The molecular formula is C17H20N6O2. The lowest BCUT2D eigenvalue weighted by Gasteiger charge is -2.12. The van der Waals surface area contributed by atoms with Crippen molar-refractivity contribution in [1.82, 2.24) is 20.2 Å². The molecule has 1 aromatic heterocycles. The SMILES string of the molecule is CN(C)C(=N)NC(=O)C=Cc1ccccc1.NC(=O)c1cnccn1. The fourth-order valence-corrected chi connectivity index (χ4v) is 1.43. The number of guanidine groups is 1. The summed E-state index contributed by atoms with van der Waals surface area (Å²) in [5.41, 5.74) is 6.02. The molecule has 25 heavy (non-hydrogen) atoms. The molecule has 0 radical (unpaired) electrons. The fraction of sp³-hybridized carbons (Fsp3) is 0.118. The molecule has 0 bridgehead atoms. The molecule has 0 fully saturated rings. The van der Waals surface area contributed by atoms with Crippen LogP contribution in [0.25, 0.3) is 6.08 Å². The number of nitrogens with one attached hydrogen (secondary N) is 2. The number of rotatable bonds is 3. The predicted molar refractivity (Wildman–Crippen MR) is 95.6 cm³/mol. The topological polar surface area (TPSA) is 125 Å².